The number of hydrogen-bond acceptors (Lipinski definition) is 2. The fraction of sp³-hybridized carbons (Fsp3) is 0.632. The molecule has 1 atom stereocenters. The van der Waals surface area contributed by atoms with Crippen molar-refractivity contribution in [1.82, 2.24) is 5.32 Å². The molecule has 0 fully saturated rings. The molecule has 0 aromatic heterocycles. The van der Waals surface area contributed by atoms with Gasteiger partial charge in [-0.25, -0.2) is 0 Å². The molecule has 2 N–H and O–H groups in total. The zero-order valence-electron chi connectivity index (χ0n) is 15.2. The minimum Gasteiger partial charge on any atom is -0.362 e. The average molecular weight is 408 g/mol. The minimum absolute atomic E-state index is 0.147. The highest BCUT2D eigenvalue weighted by Gasteiger charge is 2.34. The summed E-state index contributed by atoms with van der Waals surface area (Å²) >= 11 is 18.0. The summed E-state index contributed by atoms with van der Waals surface area (Å²) in [7, 11) is 0. The second-order valence-electron chi connectivity index (χ2n) is 6.79. The van der Waals surface area contributed by atoms with E-state index in [-0.39, 0.29) is 11.8 Å². The summed E-state index contributed by atoms with van der Waals surface area (Å²) < 4.78 is -1.65. The van der Waals surface area contributed by atoms with Gasteiger partial charge in [0.2, 0.25) is 9.70 Å². The van der Waals surface area contributed by atoms with Crippen molar-refractivity contribution in [1.29, 1.82) is 0 Å². The number of alkyl halides is 3. The lowest BCUT2D eigenvalue weighted by molar-refractivity contribution is -0.122. The third kappa shape index (κ3) is 9.58. The van der Waals surface area contributed by atoms with E-state index < -0.39 is 9.96 Å². The fourth-order valence-corrected chi connectivity index (χ4v) is 2.81. The van der Waals surface area contributed by atoms with E-state index in [2.05, 4.69) is 29.7 Å². The van der Waals surface area contributed by atoms with Crippen LogP contribution < -0.4 is 10.6 Å². The predicted molar refractivity (Wildman–Crippen MR) is 110 cm³/mol. The summed E-state index contributed by atoms with van der Waals surface area (Å²) in [6.07, 6.45) is 5.63. The molecule has 142 valence electrons. The van der Waals surface area contributed by atoms with Gasteiger partial charge in [0.05, 0.1) is 0 Å². The normalized spacial score (nSPS) is 12.9. The Kier molecular flexibility index (Phi) is 9.99. The molecule has 0 saturated carbocycles. The first-order chi connectivity index (χ1) is 11.7. The van der Waals surface area contributed by atoms with E-state index in [1.807, 2.05) is 26.0 Å². The van der Waals surface area contributed by atoms with E-state index in [9.17, 15) is 4.79 Å². The second-order valence-corrected chi connectivity index (χ2v) is 9.16. The Morgan fingerprint density at radius 2 is 1.72 bits per heavy atom. The van der Waals surface area contributed by atoms with Crippen molar-refractivity contribution < 1.29 is 4.79 Å². The standard InChI is InChI=1S/C19H29Cl3N2O/c1-4-5-6-7-8-15-9-11-16(12-10-15)23-18(19(20,21)22)24-17(25)13-14(2)3/h9-12,14,18,23H,4-8,13H2,1-3H3,(H,24,25)/t18-/m1/s1. The molecule has 0 aliphatic carbocycles. The first kappa shape index (κ1) is 22.4. The Morgan fingerprint density at radius 1 is 1.08 bits per heavy atom. The third-order valence-electron chi connectivity index (χ3n) is 3.81. The van der Waals surface area contributed by atoms with Gasteiger partial charge in [-0.2, -0.15) is 0 Å². The molecule has 1 amide bonds. The zero-order chi connectivity index (χ0) is 18.9. The molecule has 1 rings (SSSR count). The number of nitrogens with one attached hydrogen (secondary N) is 2. The Balaban J connectivity index is 2.63. The largest absolute Gasteiger partial charge is 0.362 e. The highest BCUT2D eigenvalue weighted by Crippen LogP contribution is 2.31. The number of aryl methyl sites for hydroxylation is 1. The van der Waals surface area contributed by atoms with Crippen LogP contribution >= 0.6 is 34.8 Å². The van der Waals surface area contributed by atoms with Crippen molar-refractivity contribution in [2.45, 2.75) is 69.3 Å². The molecule has 0 saturated heterocycles. The fourth-order valence-electron chi connectivity index (χ4n) is 2.48. The van der Waals surface area contributed by atoms with Crippen LogP contribution in [0.25, 0.3) is 0 Å². The molecule has 0 aliphatic heterocycles. The van der Waals surface area contributed by atoms with Crippen molar-refractivity contribution >= 4 is 46.4 Å². The third-order valence-corrected chi connectivity index (χ3v) is 4.46. The van der Waals surface area contributed by atoms with Gasteiger partial charge in [0.15, 0.2) is 0 Å². The molecule has 25 heavy (non-hydrogen) atoms. The van der Waals surface area contributed by atoms with Crippen LogP contribution in [0.4, 0.5) is 5.69 Å². The van der Waals surface area contributed by atoms with Crippen LogP contribution in [0.1, 0.15) is 58.4 Å². The van der Waals surface area contributed by atoms with Gasteiger partial charge in [0.25, 0.3) is 0 Å². The Hall–Kier alpha value is -0.640. The predicted octanol–water partition coefficient (Wildman–Crippen LogP) is 6.08. The van der Waals surface area contributed by atoms with E-state index in [1.165, 1.54) is 31.2 Å². The summed E-state index contributed by atoms with van der Waals surface area (Å²) in [6, 6.07) is 8.04. The van der Waals surface area contributed by atoms with Crippen LogP contribution in [-0.2, 0) is 11.2 Å². The number of rotatable bonds is 10. The lowest BCUT2D eigenvalue weighted by Crippen LogP contribution is -2.49. The topological polar surface area (TPSA) is 41.1 Å². The number of benzene rings is 1. The molecular weight excluding hydrogens is 379 g/mol. The van der Waals surface area contributed by atoms with Gasteiger partial charge < -0.3 is 10.6 Å². The lowest BCUT2D eigenvalue weighted by atomic mass is 10.1. The van der Waals surface area contributed by atoms with Crippen LogP contribution in [0.3, 0.4) is 0 Å². The van der Waals surface area contributed by atoms with Crippen LogP contribution in [0, 0.1) is 5.92 Å². The van der Waals surface area contributed by atoms with Crippen molar-refractivity contribution in [3.63, 3.8) is 0 Å². The van der Waals surface area contributed by atoms with Crippen molar-refractivity contribution in [2.75, 3.05) is 5.32 Å². The number of anilines is 1. The maximum Gasteiger partial charge on any atom is 0.228 e. The SMILES string of the molecule is CCCCCCc1ccc(N[C@H](NC(=O)CC(C)C)C(Cl)(Cl)Cl)cc1. The number of hydrogen-bond donors (Lipinski definition) is 2. The van der Waals surface area contributed by atoms with E-state index in [1.54, 1.807) is 0 Å². The molecule has 3 nitrogen and oxygen atoms in total. The number of carbonyl (C=O) groups excluding carboxylic acids is 1. The van der Waals surface area contributed by atoms with Gasteiger partial charge >= 0.3 is 0 Å². The highest BCUT2D eigenvalue weighted by molar-refractivity contribution is 6.68. The van der Waals surface area contributed by atoms with Crippen LogP contribution in [0.2, 0.25) is 0 Å². The number of unbranched alkanes of at least 4 members (excludes halogenated alkanes) is 3. The molecule has 6 heteroatoms. The molecule has 0 heterocycles. The molecule has 1 aromatic rings. The molecule has 0 bridgehead atoms. The lowest BCUT2D eigenvalue weighted by Gasteiger charge is -2.27. The summed E-state index contributed by atoms with van der Waals surface area (Å²) in [6.45, 7) is 6.15. The Morgan fingerprint density at radius 3 is 2.24 bits per heavy atom. The van der Waals surface area contributed by atoms with Gasteiger partial charge in [-0.05, 0) is 36.5 Å². The molecule has 1 aromatic carbocycles. The highest BCUT2D eigenvalue weighted by atomic mass is 35.6. The van der Waals surface area contributed by atoms with Gasteiger partial charge in [-0.3, -0.25) is 4.79 Å². The van der Waals surface area contributed by atoms with E-state index >= 15 is 0 Å². The first-order valence-electron chi connectivity index (χ1n) is 8.94. The zero-order valence-corrected chi connectivity index (χ0v) is 17.5. The van der Waals surface area contributed by atoms with Crippen molar-refractivity contribution in [3.8, 4) is 0 Å². The summed E-state index contributed by atoms with van der Waals surface area (Å²) in [5.41, 5.74) is 2.09. The van der Waals surface area contributed by atoms with Crippen molar-refractivity contribution in [2.24, 2.45) is 5.92 Å². The summed E-state index contributed by atoms with van der Waals surface area (Å²) in [5, 5.41) is 5.85. The smallest absolute Gasteiger partial charge is 0.228 e. The van der Waals surface area contributed by atoms with Gasteiger partial charge in [-0.15, -0.1) is 0 Å². The van der Waals surface area contributed by atoms with Crippen molar-refractivity contribution in [3.05, 3.63) is 29.8 Å². The minimum atomic E-state index is -1.65. The Bertz CT molecular complexity index is 512. The van der Waals surface area contributed by atoms with Gasteiger partial charge in [-0.1, -0.05) is 87.0 Å². The second kappa shape index (κ2) is 11.2. The maximum absolute atomic E-state index is 12.0. The quantitative estimate of drug-likeness (QED) is 0.280. The number of carbonyl (C=O) groups is 1. The van der Waals surface area contributed by atoms with E-state index in [0.717, 1.165) is 12.1 Å². The Labute approximate surface area is 166 Å². The molecule has 0 radical (unpaired) electrons. The summed E-state index contributed by atoms with van der Waals surface area (Å²) in [4.78, 5) is 12.0. The maximum atomic E-state index is 12.0. The molecular formula is C19H29Cl3N2O. The van der Waals surface area contributed by atoms with E-state index in [4.69, 9.17) is 34.8 Å². The molecule has 0 aliphatic rings. The van der Waals surface area contributed by atoms with Crippen LogP contribution in [-0.4, -0.2) is 15.9 Å². The van der Waals surface area contributed by atoms with E-state index in [0.29, 0.717) is 6.42 Å². The van der Waals surface area contributed by atoms with Crippen LogP contribution in [0.5, 0.6) is 0 Å². The van der Waals surface area contributed by atoms with Gasteiger partial charge in [0, 0.05) is 12.1 Å². The molecule has 0 spiro atoms. The molecule has 0 unspecified atom stereocenters. The number of halogens is 3. The summed E-state index contributed by atoms with van der Waals surface area (Å²) in [5.74, 6) is 0.0920. The van der Waals surface area contributed by atoms with Crippen LogP contribution in [0.15, 0.2) is 24.3 Å². The number of amides is 1. The monoisotopic (exact) mass is 406 g/mol. The average Bonchev–Trinajstić information content (AvgIpc) is 2.51. The van der Waals surface area contributed by atoms with Gasteiger partial charge in [0.1, 0.15) is 6.17 Å². The first-order valence-corrected chi connectivity index (χ1v) is 10.1.